The average molecular weight is 291 g/mol. The second-order valence-electron chi connectivity index (χ2n) is 4.38. The van der Waals surface area contributed by atoms with Crippen LogP contribution in [0.1, 0.15) is 19.4 Å². The normalized spacial score (nSPS) is 12.0. The van der Waals surface area contributed by atoms with Crippen molar-refractivity contribution < 1.29 is 8.42 Å². The Bertz CT molecular complexity index is 475. The van der Waals surface area contributed by atoms with E-state index >= 15 is 0 Å². The first kappa shape index (κ1) is 15.4. The number of sulfonamides is 1. The first-order valence-electron chi connectivity index (χ1n) is 5.84. The van der Waals surface area contributed by atoms with Gasteiger partial charge in [-0.15, -0.1) is 0 Å². The molecule has 0 aliphatic carbocycles. The summed E-state index contributed by atoms with van der Waals surface area (Å²) in [6, 6.07) is 7.42. The second kappa shape index (κ2) is 7.09. The standard InChI is InChI=1S/C12H19ClN2O2S/c1-10(2)14-6-7-18(16,17)15-9-11-4-3-5-12(13)8-11/h3-5,8,10,14-15H,6-7,9H2,1-2H3. The highest BCUT2D eigenvalue weighted by Gasteiger charge is 2.09. The van der Waals surface area contributed by atoms with Crippen molar-refractivity contribution in [2.45, 2.75) is 26.4 Å². The molecule has 0 fully saturated rings. The molecule has 0 aliphatic heterocycles. The van der Waals surface area contributed by atoms with Crippen LogP contribution in [-0.2, 0) is 16.6 Å². The minimum Gasteiger partial charge on any atom is -0.313 e. The van der Waals surface area contributed by atoms with Gasteiger partial charge in [-0.1, -0.05) is 37.6 Å². The van der Waals surface area contributed by atoms with Gasteiger partial charge in [-0.05, 0) is 17.7 Å². The molecule has 1 aromatic carbocycles. The third-order valence-corrected chi connectivity index (χ3v) is 3.87. The van der Waals surface area contributed by atoms with Crippen LogP contribution in [0.4, 0.5) is 0 Å². The predicted molar refractivity (Wildman–Crippen MR) is 75.2 cm³/mol. The zero-order valence-electron chi connectivity index (χ0n) is 10.6. The molecule has 0 atom stereocenters. The van der Waals surface area contributed by atoms with Gasteiger partial charge in [-0.2, -0.15) is 0 Å². The molecule has 0 heterocycles. The summed E-state index contributed by atoms with van der Waals surface area (Å²) in [4.78, 5) is 0. The van der Waals surface area contributed by atoms with Crippen molar-refractivity contribution in [1.82, 2.24) is 10.0 Å². The molecule has 102 valence electrons. The van der Waals surface area contributed by atoms with Crippen LogP contribution in [0.25, 0.3) is 0 Å². The summed E-state index contributed by atoms with van der Waals surface area (Å²) < 4.78 is 25.9. The maximum absolute atomic E-state index is 11.7. The first-order chi connectivity index (χ1) is 8.39. The van der Waals surface area contributed by atoms with Gasteiger partial charge in [0.15, 0.2) is 0 Å². The summed E-state index contributed by atoms with van der Waals surface area (Å²) >= 11 is 5.83. The van der Waals surface area contributed by atoms with Gasteiger partial charge in [0.1, 0.15) is 0 Å². The largest absolute Gasteiger partial charge is 0.313 e. The Morgan fingerprint density at radius 3 is 2.67 bits per heavy atom. The van der Waals surface area contributed by atoms with Gasteiger partial charge in [-0.3, -0.25) is 0 Å². The molecule has 0 aromatic heterocycles. The molecular formula is C12H19ClN2O2S. The lowest BCUT2D eigenvalue weighted by molar-refractivity contribution is 0.566. The van der Waals surface area contributed by atoms with E-state index in [1.165, 1.54) is 0 Å². The molecule has 18 heavy (non-hydrogen) atoms. The lowest BCUT2D eigenvalue weighted by atomic mass is 10.2. The van der Waals surface area contributed by atoms with E-state index in [9.17, 15) is 8.42 Å². The smallest absolute Gasteiger partial charge is 0.213 e. The Morgan fingerprint density at radius 1 is 1.33 bits per heavy atom. The van der Waals surface area contributed by atoms with Crippen LogP contribution in [0.2, 0.25) is 5.02 Å². The fourth-order valence-electron chi connectivity index (χ4n) is 1.39. The zero-order valence-corrected chi connectivity index (χ0v) is 12.2. The van der Waals surface area contributed by atoms with Gasteiger partial charge < -0.3 is 5.32 Å². The molecular weight excluding hydrogens is 272 g/mol. The van der Waals surface area contributed by atoms with Crippen LogP contribution in [0.3, 0.4) is 0 Å². The molecule has 1 aromatic rings. The Labute approximate surface area is 114 Å². The third kappa shape index (κ3) is 6.35. The van der Waals surface area contributed by atoms with E-state index in [0.717, 1.165) is 5.56 Å². The number of benzene rings is 1. The van der Waals surface area contributed by atoms with E-state index in [1.807, 2.05) is 19.9 Å². The van der Waals surface area contributed by atoms with E-state index < -0.39 is 10.0 Å². The first-order valence-corrected chi connectivity index (χ1v) is 7.87. The quantitative estimate of drug-likeness (QED) is 0.804. The summed E-state index contributed by atoms with van der Waals surface area (Å²) in [5, 5.41) is 3.67. The summed E-state index contributed by atoms with van der Waals surface area (Å²) in [5.74, 6) is 0.0751. The topological polar surface area (TPSA) is 58.2 Å². The number of hydrogen-bond acceptors (Lipinski definition) is 3. The van der Waals surface area contributed by atoms with E-state index in [1.54, 1.807) is 18.2 Å². The molecule has 0 bridgehead atoms. The van der Waals surface area contributed by atoms with Crippen LogP contribution in [0.5, 0.6) is 0 Å². The van der Waals surface area contributed by atoms with Gasteiger partial charge in [0.2, 0.25) is 10.0 Å². The zero-order chi connectivity index (χ0) is 13.6. The Balaban J connectivity index is 2.42. The summed E-state index contributed by atoms with van der Waals surface area (Å²) in [5.41, 5.74) is 0.850. The van der Waals surface area contributed by atoms with Gasteiger partial charge in [0.25, 0.3) is 0 Å². The molecule has 0 amide bonds. The number of rotatable bonds is 7. The van der Waals surface area contributed by atoms with Crippen molar-refractivity contribution in [1.29, 1.82) is 0 Å². The molecule has 4 nitrogen and oxygen atoms in total. The van der Waals surface area contributed by atoms with Gasteiger partial charge in [0.05, 0.1) is 5.75 Å². The summed E-state index contributed by atoms with van der Waals surface area (Å²) in [7, 11) is -3.24. The maximum atomic E-state index is 11.7. The van der Waals surface area contributed by atoms with Crippen molar-refractivity contribution in [2.24, 2.45) is 0 Å². The molecule has 6 heteroatoms. The molecule has 2 N–H and O–H groups in total. The SMILES string of the molecule is CC(C)NCCS(=O)(=O)NCc1cccc(Cl)c1. The highest BCUT2D eigenvalue weighted by atomic mass is 35.5. The molecule has 0 saturated heterocycles. The van der Waals surface area contributed by atoms with Crippen LogP contribution in [0, 0.1) is 0 Å². The van der Waals surface area contributed by atoms with Crippen LogP contribution in [-0.4, -0.2) is 26.8 Å². The fourth-order valence-corrected chi connectivity index (χ4v) is 2.52. The molecule has 0 saturated carbocycles. The van der Waals surface area contributed by atoms with Crippen LogP contribution >= 0.6 is 11.6 Å². The molecule has 0 aliphatic rings. The van der Waals surface area contributed by atoms with Crippen molar-refractivity contribution in [3.05, 3.63) is 34.9 Å². The maximum Gasteiger partial charge on any atom is 0.213 e. The number of halogens is 1. The number of nitrogens with one attached hydrogen (secondary N) is 2. The predicted octanol–water partition coefficient (Wildman–Crippen LogP) is 1.76. The van der Waals surface area contributed by atoms with Crippen molar-refractivity contribution >= 4 is 21.6 Å². The molecule has 0 spiro atoms. The number of hydrogen-bond donors (Lipinski definition) is 2. The Morgan fingerprint density at radius 2 is 2.06 bits per heavy atom. The van der Waals surface area contributed by atoms with Crippen molar-refractivity contribution in [3.63, 3.8) is 0 Å². The second-order valence-corrected chi connectivity index (χ2v) is 6.74. The lowest BCUT2D eigenvalue weighted by Crippen LogP contribution is -2.34. The highest BCUT2D eigenvalue weighted by Crippen LogP contribution is 2.10. The Hall–Kier alpha value is -0.620. The van der Waals surface area contributed by atoms with Crippen LogP contribution in [0.15, 0.2) is 24.3 Å². The molecule has 0 radical (unpaired) electrons. The summed E-state index contributed by atoms with van der Waals surface area (Å²) in [6.45, 7) is 4.67. The molecule has 0 unspecified atom stereocenters. The monoisotopic (exact) mass is 290 g/mol. The summed E-state index contributed by atoms with van der Waals surface area (Å²) in [6.07, 6.45) is 0. The van der Waals surface area contributed by atoms with E-state index in [4.69, 9.17) is 11.6 Å². The minimum absolute atomic E-state index is 0.0751. The lowest BCUT2D eigenvalue weighted by Gasteiger charge is -2.09. The van der Waals surface area contributed by atoms with Gasteiger partial charge in [-0.25, -0.2) is 13.1 Å². The van der Waals surface area contributed by atoms with E-state index in [2.05, 4.69) is 10.0 Å². The van der Waals surface area contributed by atoms with Gasteiger partial charge in [0, 0.05) is 24.2 Å². The third-order valence-electron chi connectivity index (χ3n) is 2.31. The molecule has 1 rings (SSSR count). The van der Waals surface area contributed by atoms with Crippen molar-refractivity contribution in [3.8, 4) is 0 Å². The van der Waals surface area contributed by atoms with Gasteiger partial charge >= 0.3 is 0 Å². The van der Waals surface area contributed by atoms with E-state index in [-0.39, 0.29) is 18.3 Å². The highest BCUT2D eigenvalue weighted by molar-refractivity contribution is 7.89. The Kier molecular flexibility index (Phi) is 6.08. The van der Waals surface area contributed by atoms with Crippen LogP contribution < -0.4 is 10.0 Å². The fraction of sp³-hybridized carbons (Fsp3) is 0.500. The average Bonchev–Trinajstić information content (AvgIpc) is 2.26. The van der Waals surface area contributed by atoms with Crippen molar-refractivity contribution in [2.75, 3.05) is 12.3 Å². The minimum atomic E-state index is -3.24. The van der Waals surface area contributed by atoms with E-state index in [0.29, 0.717) is 11.6 Å².